The van der Waals surface area contributed by atoms with Crippen LogP contribution in [0.1, 0.15) is 22.3 Å². The van der Waals surface area contributed by atoms with Gasteiger partial charge in [-0.3, -0.25) is 4.98 Å². The van der Waals surface area contributed by atoms with Gasteiger partial charge in [-0.2, -0.15) is 0 Å². The van der Waals surface area contributed by atoms with Gasteiger partial charge in [0.1, 0.15) is 0 Å². The quantitative estimate of drug-likeness (QED) is 0.879. The second-order valence-electron chi connectivity index (χ2n) is 4.92. The first-order valence-electron chi connectivity index (χ1n) is 6.63. The van der Waals surface area contributed by atoms with Crippen molar-refractivity contribution < 1.29 is 8.42 Å². The summed E-state index contributed by atoms with van der Waals surface area (Å²) in [5.41, 5.74) is 8.95. The van der Waals surface area contributed by atoms with Gasteiger partial charge in [-0.1, -0.05) is 6.07 Å². The van der Waals surface area contributed by atoms with Crippen molar-refractivity contribution in [3.63, 3.8) is 0 Å². The predicted molar refractivity (Wildman–Crippen MR) is 82.1 cm³/mol. The van der Waals surface area contributed by atoms with Gasteiger partial charge in [-0.15, -0.1) is 0 Å². The number of hydrogen-bond donors (Lipinski definition) is 2. The summed E-state index contributed by atoms with van der Waals surface area (Å²) in [6, 6.07) is 7.10. The smallest absolute Gasteiger partial charge is 0.241 e. The van der Waals surface area contributed by atoms with Gasteiger partial charge in [0.15, 0.2) is 0 Å². The molecule has 21 heavy (non-hydrogen) atoms. The van der Waals surface area contributed by atoms with Crippen LogP contribution in [0.15, 0.2) is 41.6 Å². The van der Waals surface area contributed by atoms with E-state index in [-0.39, 0.29) is 11.4 Å². The van der Waals surface area contributed by atoms with Gasteiger partial charge in [0.05, 0.1) is 4.90 Å². The molecule has 0 aliphatic rings. The molecular formula is C15H19N3O2S. The van der Waals surface area contributed by atoms with E-state index in [0.717, 1.165) is 22.3 Å². The van der Waals surface area contributed by atoms with Crippen molar-refractivity contribution in [1.82, 2.24) is 9.71 Å². The first kappa shape index (κ1) is 15.6. The zero-order valence-electron chi connectivity index (χ0n) is 12.1. The molecule has 6 heteroatoms. The molecule has 112 valence electrons. The predicted octanol–water partition coefficient (Wildman–Crippen LogP) is 1.64. The number of benzene rings is 1. The number of hydrogen-bond acceptors (Lipinski definition) is 4. The molecule has 0 saturated heterocycles. The van der Waals surface area contributed by atoms with Crippen molar-refractivity contribution in [3.8, 4) is 0 Å². The molecule has 1 aromatic heterocycles. The van der Waals surface area contributed by atoms with Crippen molar-refractivity contribution in [1.29, 1.82) is 0 Å². The molecule has 0 fully saturated rings. The zero-order chi connectivity index (χ0) is 15.5. The largest absolute Gasteiger partial charge is 0.326 e. The fraction of sp³-hybridized carbons (Fsp3) is 0.267. The molecule has 1 aromatic carbocycles. The van der Waals surface area contributed by atoms with Crippen LogP contribution < -0.4 is 10.5 Å². The maximum absolute atomic E-state index is 12.5. The van der Waals surface area contributed by atoms with Gasteiger partial charge in [0.2, 0.25) is 10.0 Å². The highest BCUT2D eigenvalue weighted by Crippen LogP contribution is 2.21. The number of aryl methyl sites for hydroxylation is 1. The van der Waals surface area contributed by atoms with Gasteiger partial charge >= 0.3 is 0 Å². The Balaban J connectivity index is 2.29. The summed E-state index contributed by atoms with van der Waals surface area (Å²) in [5.74, 6) is 0. The molecule has 0 atom stereocenters. The lowest BCUT2D eigenvalue weighted by Crippen LogP contribution is -2.24. The molecule has 0 amide bonds. The van der Waals surface area contributed by atoms with Crippen LogP contribution in [-0.2, 0) is 23.1 Å². The van der Waals surface area contributed by atoms with E-state index >= 15 is 0 Å². The number of rotatable bonds is 5. The minimum absolute atomic E-state index is 0.232. The third kappa shape index (κ3) is 3.66. The van der Waals surface area contributed by atoms with Crippen molar-refractivity contribution in [2.45, 2.75) is 31.8 Å². The lowest BCUT2D eigenvalue weighted by molar-refractivity contribution is 0.580. The summed E-state index contributed by atoms with van der Waals surface area (Å²) in [5, 5.41) is 0. The SMILES string of the molecule is Cc1cc(CN)cc(S(=O)(=O)NCc2ccncc2)c1C. The van der Waals surface area contributed by atoms with E-state index in [4.69, 9.17) is 5.73 Å². The number of sulfonamides is 1. The lowest BCUT2D eigenvalue weighted by Gasteiger charge is -2.13. The molecule has 0 radical (unpaired) electrons. The van der Waals surface area contributed by atoms with E-state index in [1.54, 1.807) is 37.5 Å². The summed E-state index contributed by atoms with van der Waals surface area (Å²) < 4.78 is 27.6. The molecule has 2 rings (SSSR count). The van der Waals surface area contributed by atoms with Gasteiger partial charge in [-0.05, 0) is 54.3 Å². The Bertz CT molecular complexity index is 728. The molecule has 0 aliphatic heterocycles. The molecule has 0 spiro atoms. The third-order valence-corrected chi connectivity index (χ3v) is 4.95. The molecular weight excluding hydrogens is 286 g/mol. The Morgan fingerprint density at radius 1 is 1.14 bits per heavy atom. The highest BCUT2D eigenvalue weighted by molar-refractivity contribution is 7.89. The van der Waals surface area contributed by atoms with Crippen LogP contribution in [0.4, 0.5) is 0 Å². The van der Waals surface area contributed by atoms with E-state index in [1.165, 1.54) is 0 Å². The second-order valence-corrected chi connectivity index (χ2v) is 6.66. The number of nitrogens with one attached hydrogen (secondary N) is 1. The standard InChI is InChI=1S/C15H19N3O2S/c1-11-7-14(9-16)8-15(12(11)2)21(19,20)18-10-13-3-5-17-6-4-13/h3-8,18H,9-10,16H2,1-2H3. The van der Waals surface area contributed by atoms with Crippen molar-refractivity contribution >= 4 is 10.0 Å². The molecule has 0 bridgehead atoms. The monoisotopic (exact) mass is 305 g/mol. The Labute approximate surface area is 125 Å². The fourth-order valence-electron chi connectivity index (χ4n) is 2.05. The Morgan fingerprint density at radius 3 is 2.43 bits per heavy atom. The van der Waals surface area contributed by atoms with Crippen LogP contribution in [0.5, 0.6) is 0 Å². The Hall–Kier alpha value is -1.76. The minimum Gasteiger partial charge on any atom is -0.326 e. The summed E-state index contributed by atoms with van der Waals surface area (Å²) in [4.78, 5) is 4.19. The van der Waals surface area contributed by atoms with Gasteiger partial charge in [0.25, 0.3) is 0 Å². The first-order valence-corrected chi connectivity index (χ1v) is 8.11. The number of pyridine rings is 1. The first-order chi connectivity index (χ1) is 9.94. The van der Waals surface area contributed by atoms with Crippen LogP contribution in [0, 0.1) is 13.8 Å². The Kier molecular flexibility index (Phi) is 4.72. The average Bonchev–Trinajstić information content (AvgIpc) is 2.48. The molecule has 0 saturated carbocycles. The Morgan fingerprint density at radius 2 is 1.81 bits per heavy atom. The molecule has 2 aromatic rings. The van der Waals surface area contributed by atoms with Gasteiger partial charge in [-0.25, -0.2) is 13.1 Å². The van der Waals surface area contributed by atoms with Gasteiger partial charge in [0, 0.05) is 25.5 Å². The average molecular weight is 305 g/mol. The molecule has 0 aliphatic carbocycles. The summed E-state index contributed by atoms with van der Waals surface area (Å²) in [7, 11) is -3.57. The molecule has 5 nitrogen and oxygen atoms in total. The summed E-state index contributed by atoms with van der Waals surface area (Å²) >= 11 is 0. The molecule has 1 heterocycles. The second kappa shape index (κ2) is 6.34. The van der Waals surface area contributed by atoms with Gasteiger partial charge < -0.3 is 5.73 Å². The zero-order valence-corrected chi connectivity index (χ0v) is 12.9. The van der Waals surface area contributed by atoms with E-state index in [9.17, 15) is 8.42 Å². The van der Waals surface area contributed by atoms with Crippen LogP contribution in [0.2, 0.25) is 0 Å². The van der Waals surface area contributed by atoms with Crippen molar-refractivity contribution in [2.75, 3.05) is 0 Å². The number of nitrogens with zero attached hydrogens (tertiary/aromatic N) is 1. The van der Waals surface area contributed by atoms with E-state index in [0.29, 0.717) is 6.54 Å². The van der Waals surface area contributed by atoms with Crippen LogP contribution in [-0.4, -0.2) is 13.4 Å². The van der Waals surface area contributed by atoms with E-state index in [2.05, 4.69) is 9.71 Å². The van der Waals surface area contributed by atoms with Crippen LogP contribution in [0.25, 0.3) is 0 Å². The topological polar surface area (TPSA) is 85.1 Å². The number of aromatic nitrogens is 1. The van der Waals surface area contributed by atoms with Crippen molar-refractivity contribution in [3.05, 3.63) is 58.9 Å². The van der Waals surface area contributed by atoms with Crippen molar-refractivity contribution in [2.24, 2.45) is 5.73 Å². The fourth-order valence-corrected chi connectivity index (χ4v) is 3.44. The maximum atomic E-state index is 12.5. The van der Waals surface area contributed by atoms with E-state index in [1.807, 2.05) is 13.0 Å². The van der Waals surface area contributed by atoms with Crippen LogP contribution >= 0.6 is 0 Å². The lowest BCUT2D eigenvalue weighted by atomic mass is 10.1. The number of nitrogens with two attached hydrogens (primary N) is 1. The maximum Gasteiger partial charge on any atom is 0.241 e. The van der Waals surface area contributed by atoms with E-state index < -0.39 is 10.0 Å². The normalized spacial score (nSPS) is 11.6. The summed E-state index contributed by atoms with van der Waals surface area (Å²) in [6.07, 6.45) is 3.27. The molecule has 0 unspecified atom stereocenters. The highest BCUT2D eigenvalue weighted by Gasteiger charge is 2.18. The highest BCUT2D eigenvalue weighted by atomic mass is 32.2. The summed E-state index contributed by atoms with van der Waals surface area (Å²) in [6.45, 7) is 4.23. The molecule has 3 N–H and O–H groups in total. The minimum atomic E-state index is -3.57. The van der Waals surface area contributed by atoms with Crippen LogP contribution in [0.3, 0.4) is 0 Å². The third-order valence-electron chi connectivity index (χ3n) is 3.42.